The van der Waals surface area contributed by atoms with Crippen molar-refractivity contribution in [1.82, 2.24) is 10.6 Å². The van der Waals surface area contributed by atoms with Crippen molar-refractivity contribution >= 4 is 60.8 Å². The van der Waals surface area contributed by atoms with Crippen LogP contribution in [0.3, 0.4) is 0 Å². The van der Waals surface area contributed by atoms with Crippen molar-refractivity contribution in [3.05, 3.63) is 0 Å². The molecule has 1 fully saturated rings. The van der Waals surface area contributed by atoms with Crippen molar-refractivity contribution < 1.29 is 833 Å². The zero-order valence-electron chi connectivity index (χ0n) is 34.9. The van der Waals surface area contributed by atoms with Gasteiger partial charge in [-0.1, -0.05) is 12.8 Å². The summed E-state index contributed by atoms with van der Waals surface area (Å²) in [6, 6.07) is 0. The Balaban J connectivity index is -0.0000000403. The number of nitrogens with one attached hydrogen (secondary N) is 2. The molecule has 0 aromatic rings. The topological polar surface area (TPSA) is 502 Å². The van der Waals surface area contributed by atoms with Gasteiger partial charge in [0.25, 0.3) is 0 Å². The minimum Gasteiger partial charge on any atom is -0.809 e. The molecule has 0 saturated carbocycles. The molecule has 48 heteroatoms. The average molecular weight is 1350 g/mol. The van der Waals surface area contributed by atoms with Crippen molar-refractivity contribution in [3.63, 3.8) is 0 Å². The van der Waals surface area contributed by atoms with Crippen molar-refractivity contribution in [2.45, 2.75) is 47.8 Å². The maximum absolute atomic E-state index is 12.6. The fourth-order valence-electron chi connectivity index (χ4n) is 2.81. The number of hydrogen-bond acceptors (Lipinski definition) is 26. The van der Waals surface area contributed by atoms with Crippen LogP contribution < -0.4 is 799 Å². The zero-order valence-corrected chi connectivity index (χ0v) is 85.8. The van der Waals surface area contributed by atoms with Gasteiger partial charge in [-0.3, -0.25) is 15.2 Å². The standard InChI is InChI=1S/C8H21NO12P4.C2H11NO12P4.14K/c10-22(11,12)7(23(13,14)15)9-8(24(16,17)18)25(19)20-5-3-1-2-4-6-21-25;4-16(5,6)1(17(7,8)9)3-2(18(10,11)12)19(13,14)15;;;;;;;;;;;;;;/h7-9H,1-6H2,(H2,10,11,12)(H2,13,14,15)(H2,16,17,18);1-3H,(H2,4,5,6)(H2,7,8,9)(H2,10,11,12)(H2,13,14,15);;;;;;;;;;;;;;/q;;14*+1/p-14. The van der Waals surface area contributed by atoms with E-state index in [9.17, 15) is 105 Å². The van der Waals surface area contributed by atoms with Gasteiger partial charge in [0, 0.05) is 0 Å². The van der Waals surface area contributed by atoms with Crippen LogP contribution >= 0.6 is 60.8 Å². The normalized spacial score (nSPS) is 14.5. The van der Waals surface area contributed by atoms with E-state index < -0.39 is 82.9 Å². The summed E-state index contributed by atoms with van der Waals surface area (Å²) in [5.74, 6) is 0. The van der Waals surface area contributed by atoms with E-state index >= 15 is 0 Å². The molecule has 1 heterocycles. The minimum atomic E-state index is -6.39. The summed E-state index contributed by atoms with van der Waals surface area (Å²) >= 11 is 0. The van der Waals surface area contributed by atoms with Gasteiger partial charge >= 0.3 is 727 Å². The molecule has 0 amide bonds. The summed E-state index contributed by atoms with van der Waals surface area (Å²) in [5.41, 5.74) is -14.1. The van der Waals surface area contributed by atoms with E-state index in [0.29, 0.717) is 31.0 Å². The van der Waals surface area contributed by atoms with Crippen LogP contribution in [-0.4, -0.2) is 35.3 Å². The Morgan fingerprint density at radius 3 is 0.707 bits per heavy atom. The smallest absolute Gasteiger partial charge is 0.809 e. The van der Waals surface area contributed by atoms with Crippen LogP contribution in [0.1, 0.15) is 25.7 Å². The van der Waals surface area contributed by atoms with Gasteiger partial charge in [0.1, 0.15) is 5.52 Å². The first-order valence-electron chi connectivity index (χ1n) is 10.7. The van der Waals surface area contributed by atoms with Gasteiger partial charge in [0.2, 0.25) is 0 Å². The molecule has 0 aliphatic carbocycles. The molecule has 266 valence electrons. The third kappa shape index (κ3) is 57.8. The van der Waals surface area contributed by atoms with Crippen molar-refractivity contribution in [1.29, 1.82) is 0 Å². The van der Waals surface area contributed by atoms with Crippen LogP contribution in [0.15, 0.2) is 0 Å². The van der Waals surface area contributed by atoms with Crippen LogP contribution in [0.25, 0.3) is 0 Å². The van der Waals surface area contributed by atoms with Crippen LogP contribution in [0.5, 0.6) is 0 Å². The zero-order chi connectivity index (χ0) is 35.4. The van der Waals surface area contributed by atoms with E-state index in [-0.39, 0.29) is 733 Å². The fourth-order valence-corrected chi connectivity index (χ4v) is 13.5. The monoisotopic (exact) mass is 1340 g/mol. The Morgan fingerprint density at radius 1 is 0.345 bits per heavy atom. The Bertz CT molecular complexity index is 1260. The first-order chi connectivity index (χ1) is 19.1. The van der Waals surface area contributed by atoms with Gasteiger partial charge < -0.3 is 110 Å². The molecule has 1 unspecified atom stereocenters. The van der Waals surface area contributed by atoms with E-state index in [1.165, 1.54) is 0 Å². The third-order valence-corrected chi connectivity index (χ3v) is 18.4. The average Bonchev–Trinajstić information content (AvgIpc) is 2.80. The van der Waals surface area contributed by atoms with Gasteiger partial charge in [-0.2, -0.15) is 0 Å². The molecular formula is C10H18K14N2O24P8. The first-order valence-corrected chi connectivity index (χ1v) is 23.6. The molecular weight excluding hydrogens is 1330 g/mol. The Morgan fingerprint density at radius 2 is 0.534 bits per heavy atom. The maximum Gasteiger partial charge on any atom is 1.00 e. The van der Waals surface area contributed by atoms with Gasteiger partial charge in [0.05, 0.1) is 29.8 Å². The summed E-state index contributed by atoms with van der Waals surface area (Å²) in [5, 5.41) is 1.54. The Kier molecular flexibility index (Phi) is 121. The molecule has 0 spiro atoms. The summed E-state index contributed by atoms with van der Waals surface area (Å²) < 4.78 is 97.2. The van der Waals surface area contributed by atoms with Gasteiger partial charge in [-0.25, -0.2) is 0 Å². The van der Waals surface area contributed by atoms with Crippen LogP contribution in [-0.2, 0) is 45.6 Å². The van der Waals surface area contributed by atoms with E-state index in [1.54, 1.807) is 0 Å². The molecule has 1 aliphatic rings. The summed E-state index contributed by atoms with van der Waals surface area (Å²) in [4.78, 5) is 150. The second kappa shape index (κ2) is 58.7. The molecule has 1 aliphatic heterocycles. The molecule has 58 heavy (non-hydrogen) atoms. The van der Waals surface area contributed by atoms with E-state index in [2.05, 4.69) is 0 Å². The first kappa shape index (κ1) is 120. The van der Waals surface area contributed by atoms with Gasteiger partial charge in [-0.05, 0) is 66.0 Å². The second-order valence-corrected chi connectivity index (χ2v) is 23.1. The molecule has 1 atom stereocenters. The maximum atomic E-state index is 12.6. The third-order valence-electron chi connectivity index (χ3n) is 4.57. The molecule has 26 nitrogen and oxygen atoms in total. The second-order valence-electron chi connectivity index (χ2n) is 8.23. The minimum absolute atomic E-state index is 0. The van der Waals surface area contributed by atoms with E-state index in [4.69, 9.17) is 9.05 Å². The molecule has 0 radical (unpaired) electrons. The molecule has 0 aromatic heterocycles. The molecule has 1 rings (SSSR count). The van der Waals surface area contributed by atoms with Crippen molar-refractivity contribution in [2.75, 3.05) is 13.2 Å². The molecule has 0 bridgehead atoms. The summed E-state index contributed by atoms with van der Waals surface area (Å²) in [6.07, 6.45) is 1.80. The SMILES string of the molecule is O=P([O-])([O-])C(NC(P(=O)([O-])[O-])P(=O)([O-])[O-])P(=O)([O-])[O-].O=P([O-])([O-])C(NC(P(=O)([O-])[O-])P1(=O)OCCCCCCO1)P(=O)([O-])[O-].[K+].[K+].[K+].[K+].[K+].[K+].[K+].[K+].[K+].[K+].[K+].[K+].[K+].[K+]. The molecule has 2 N–H and O–H groups in total. The predicted molar refractivity (Wildman–Crippen MR) is 113 cm³/mol. The number of hydrogen-bond donors (Lipinski definition) is 2. The largest absolute Gasteiger partial charge is 1.00 e. The van der Waals surface area contributed by atoms with Crippen molar-refractivity contribution in [2.24, 2.45) is 0 Å². The van der Waals surface area contributed by atoms with E-state index in [0.717, 1.165) is 5.32 Å². The Hall–Kier alpha value is 24.0. The summed E-state index contributed by atoms with van der Waals surface area (Å²) in [6.45, 7) is -0.669. The summed E-state index contributed by atoms with van der Waals surface area (Å²) in [7, 11) is -49.1. The van der Waals surface area contributed by atoms with Crippen LogP contribution in [0.4, 0.5) is 0 Å². The predicted octanol–water partition coefficient (Wildman–Crippen LogP) is -52.5. The van der Waals surface area contributed by atoms with Crippen LogP contribution in [0.2, 0.25) is 0 Å². The Labute approximate surface area is 931 Å². The molecule has 0 aromatic carbocycles. The van der Waals surface area contributed by atoms with Crippen molar-refractivity contribution in [3.8, 4) is 0 Å². The molecule has 1 saturated heterocycles. The van der Waals surface area contributed by atoms with Gasteiger partial charge in [-0.15, -0.1) is 0 Å². The quantitative estimate of drug-likeness (QED) is 0.135. The van der Waals surface area contributed by atoms with E-state index in [1.807, 2.05) is 0 Å². The van der Waals surface area contributed by atoms with Gasteiger partial charge in [0.15, 0.2) is 0 Å². The fraction of sp³-hybridized carbons (Fsp3) is 1.00. The van der Waals surface area contributed by atoms with Crippen LogP contribution in [0, 0.1) is 0 Å². The number of rotatable bonds is 12.